The van der Waals surface area contributed by atoms with E-state index in [0.29, 0.717) is 43.6 Å². The second-order valence-corrected chi connectivity index (χ2v) is 15.9. The van der Waals surface area contributed by atoms with E-state index in [2.05, 4.69) is 26.6 Å². The van der Waals surface area contributed by atoms with E-state index in [-0.39, 0.29) is 48.8 Å². The predicted molar refractivity (Wildman–Crippen MR) is 243 cm³/mol. The summed E-state index contributed by atoms with van der Waals surface area (Å²) in [5.74, 6) is -2.91. The van der Waals surface area contributed by atoms with E-state index in [1.807, 2.05) is 33.8 Å². The molecular weight excluding hydrogens is 807 g/mol. The SMILES string of the molecule is C1CCCCC1.CCC(C)C(=O)CNC(=O)Cc1cccc(OCCCC(O)O)c1.CCCC[C@H](C)C(=O)NC(CCC)C(=O)C(=O)NCC(=O)NC(C(=O)NC)c1ccccc1. The molecular formula is C48H75N5O10. The Morgan fingerprint density at radius 1 is 0.683 bits per heavy atom. The van der Waals surface area contributed by atoms with Gasteiger partial charge in [0.1, 0.15) is 11.8 Å². The van der Waals surface area contributed by atoms with Gasteiger partial charge in [-0.2, -0.15) is 0 Å². The third-order valence-corrected chi connectivity index (χ3v) is 10.5. The number of rotatable bonds is 25. The summed E-state index contributed by atoms with van der Waals surface area (Å²) in [6, 6.07) is 13.9. The number of carbonyl (C=O) groups is 7. The number of aliphatic hydroxyl groups excluding tert-OH is 1. The Labute approximate surface area is 374 Å². The first-order valence-electron chi connectivity index (χ1n) is 22.7. The molecule has 3 rings (SSSR count). The lowest BCUT2D eigenvalue weighted by Gasteiger charge is -2.20. The number of unbranched alkanes of at least 4 members (excludes halogenated alkanes) is 1. The van der Waals surface area contributed by atoms with Crippen LogP contribution in [0.15, 0.2) is 54.6 Å². The summed E-state index contributed by atoms with van der Waals surface area (Å²) in [5, 5.41) is 30.2. The lowest BCUT2D eigenvalue weighted by Crippen LogP contribution is -2.50. The van der Waals surface area contributed by atoms with Gasteiger partial charge in [0.05, 0.1) is 32.2 Å². The first-order chi connectivity index (χ1) is 30.2. The van der Waals surface area contributed by atoms with Crippen molar-refractivity contribution < 1.29 is 48.5 Å². The number of nitrogens with one attached hydrogen (secondary N) is 5. The zero-order chi connectivity index (χ0) is 47.0. The van der Waals surface area contributed by atoms with Gasteiger partial charge in [-0.25, -0.2) is 0 Å². The molecule has 3 unspecified atom stereocenters. The number of benzene rings is 2. The number of hydrogen-bond donors (Lipinski definition) is 7. The van der Waals surface area contributed by atoms with Crippen LogP contribution < -0.4 is 31.3 Å². The molecule has 2 aromatic carbocycles. The second-order valence-electron chi connectivity index (χ2n) is 15.9. The molecule has 0 spiro atoms. The largest absolute Gasteiger partial charge is 0.494 e. The van der Waals surface area contributed by atoms with Crippen LogP contribution in [-0.4, -0.2) is 90.4 Å². The number of ether oxygens (including phenoxy) is 1. The van der Waals surface area contributed by atoms with Crippen molar-refractivity contribution in [3.8, 4) is 5.75 Å². The van der Waals surface area contributed by atoms with Crippen LogP contribution >= 0.6 is 0 Å². The molecule has 1 fully saturated rings. The highest BCUT2D eigenvalue weighted by atomic mass is 16.5. The molecule has 0 heterocycles. The zero-order valence-electron chi connectivity index (χ0n) is 38.5. The van der Waals surface area contributed by atoms with Gasteiger partial charge in [0, 0.05) is 25.3 Å². The van der Waals surface area contributed by atoms with Gasteiger partial charge in [0.15, 0.2) is 12.1 Å². The maximum absolute atomic E-state index is 12.6. The first-order valence-corrected chi connectivity index (χ1v) is 22.7. The minimum absolute atomic E-state index is 0.0361. The fourth-order valence-corrected chi connectivity index (χ4v) is 6.32. The van der Waals surface area contributed by atoms with E-state index in [1.165, 1.54) is 45.6 Å². The van der Waals surface area contributed by atoms with Gasteiger partial charge in [-0.1, -0.05) is 135 Å². The van der Waals surface area contributed by atoms with Crippen molar-refractivity contribution in [2.24, 2.45) is 11.8 Å². The van der Waals surface area contributed by atoms with Gasteiger partial charge in [-0.3, -0.25) is 33.6 Å². The van der Waals surface area contributed by atoms with Crippen LogP contribution in [-0.2, 0) is 40.0 Å². The Kier molecular flexibility index (Phi) is 29.6. The van der Waals surface area contributed by atoms with Crippen LogP contribution in [0, 0.1) is 11.8 Å². The molecule has 4 atom stereocenters. The topological polar surface area (TPSA) is 229 Å². The molecule has 1 aliphatic rings. The van der Waals surface area contributed by atoms with E-state index in [1.54, 1.807) is 55.5 Å². The number of ketones is 2. The lowest BCUT2D eigenvalue weighted by atomic mass is 10.0. The second kappa shape index (κ2) is 33.4. The molecule has 63 heavy (non-hydrogen) atoms. The quantitative estimate of drug-likeness (QED) is 0.0394. The molecule has 1 saturated carbocycles. The Hall–Kier alpha value is -5.15. The molecule has 0 aliphatic heterocycles. The highest BCUT2D eigenvalue weighted by Crippen LogP contribution is 2.16. The zero-order valence-corrected chi connectivity index (χ0v) is 38.5. The van der Waals surface area contributed by atoms with E-state index in [9.17, 15) is 33.6 Å². The average molecular weight is 882 g/mol. The van der Waals surface area contributed by atoms with Crippen molar-refractivity contribution in [3.05, 3.63) is 65.7 Å². The Morgan fingerprint density at radius 2 is 1.33 bits per heavy atom. The maximum atomic E-state index is 12.6. The van der Waals surface area contributed by atoms with E-state index in [4.69, 9.17) is 14.9 Å². The van der Waals surface area contributed by atoms with E-state index >= 15 is 0 Å². The first kappa shape index (κ1) is 55.9. The fourth-order valence-electron chi connectivity index (χ4n) is 6.32. The standard InChI is InChI=1S/C24H36N4O5.C18H27NO5.C6H12/c1-5-7-12-16(3)22(31)27-18(11-6-2)21(30)24(33)26-15-19(29)28-20(23(32)25-4)17-13-9-8-10-14-17;1-3-13(2)16(20)12-19-17(21)11-14-6-4-7-15(10-14)24-9-5-8-18(22)23;1-2-4-6-5-3-1/h8-10,13-14,16,18,20H,5-7,11-12,15H2,1-4H3,(H,25,32)(H,26,33)(H,27,31)(H,28,29);4,6-7,10,13,18,22-23H,3,5,8-9,11-12H2,1-2H3,(H,19,21);1-6H2/t16-,18?,20?;;/m0../s1. The van der Waals surface area contributed by atoms with Gasteiger partial charge >= 0.3 is 0 Å². The van der Waals surface area contributed by atoms with Crippen molar-refractivity contribution in [2.45, 2.75) is 149 Å². The Balaban J connectivity index is 0.000000574. The van der Waals surface area contributed by atoms with E-state index in [0.717, 1.165) is 24.8 Å². The third kappa shape index (κ3) is 24.9. The molecule has 352 valence electrons. The number of hydrogen-bond acceptors (Lipinski definition) is 10. The normalized spacial score (nSPS) is 13.8. The van der Waals surface area contributed by atoms with Crippen molar-refractivity contribution in [3.63, 3.8) is 0 Å². The molecule has 7 N–H and O–H groups in total. The molecule has 0 aromatic heterocycles. The number of aliphatic hydroxyl groups is 2. The minimum Gasteiger partial charge on any atom is -0.494 e. The fraction of sp³-hybridized carbons (Fsp3) is 0.604. The Morgan fingerprint density at radius 3 is 1.90 bits per heavy atom. The van der Waals surface area contributed by atoms with Crippen LogP contribution in [0.1, 0.15) is 142 Å². The van der Waals surface area contributed by atoms with Crippen molar-refractivity contribution in [1.29, 1.82) is 0 Å². The average Bonchev–Trinajstić information content (AvgIpc) is 3.30. The predicted octanol–water partition coefficient (Wildman–Crippen LogP) is 5.16. The molecule has 0 saturated heterocycles. The molecule has 0 bridgehead atoms. The summed E-state index contributed by atoms with van der Waals surface area (Å²) in [4.78, 5) is 85.5. The summed E-state index contributed by atoms with van der Waals surface area (Å²) < 4.78 is 5.51. The van der Waals surface area contributed by atoms with Crippen LogP contribution in [0.25, 0.3) is 0 Å². The smallest absolute Gasteiger partial charge is 0.290 e. The van der Waals surface area contributed by atoms with Crippen LogP contribution in [0.5, 0.6) is 5.75 Å². The molecule has 5 amide bonds. The summed E-state index contributed by atoms with van der Waals surface area (Å²) in [7, 11) is 1.45. The monoisotopic (exact) mass is 882 g/mol. The highest BCUT2D eigenvalue weighted by molar-refractivity contribution is 6.38. The molecule has 0 radical (unpaired) electrons. The summed E-state index contributed by atoms with van der Waals surface area (Å²) >= 11 is 0. The van der Waals surface area contributed by atoms with E-state index < -0.39 is 48.4 Å². The molecule has 1 aliphatic carbocycles. The third-order valence-electron chi connectivity index (χ3n) is 10.5. The van der Waals surface area contributed by atoms with Gasteiger partial charge in [-0.05, 0) is 48.9 Å². The molecule has 15 nitrogen and oxygen atoms in total. The number of carbonyl (C=O) groups excluding carboxylic acids is 7. The number of Topliss-reactive ketones (excluding diaryl/α,β-unsaturated/α-hetero) is 2. The summed E-state index contributed by atoms with van der Waals surface area (Å²) in [6.45, 7) is 9.42. The van der Waals surface area contributed by atoms with Gasteiger partial charge in [0.25, 0.3) is 5.91 Å². The van der Waals surface area contributed by atoms with Crippen LogP contribution in [0.3, 0.4) is 0 Å². The van der Waals surface area contributed by atoms with Gasteiger partial charge < -0.3 is 41.5 Å². The van der Waals surface area contributed by atoms with Crippen molar-refractivity contribution >= 4 is 41.1 Å². The number of likely N-dealkylation sites (N-methyl/N-ethyl adjacent to an activating group) is 1. The summed E-state index contributed by atoms with van der Waals surface area (Å²) in [6.07, 6.45) is 12.9. The minimum atomic E-state index is -1.32. The molecule has 2 aromatic rings. The highest BCUT2D eigenvalue weighted by Gasteiger charge is 2.28. The lowest BCUT2D eigenvalue weighted by molar-refractivity contribution is -0.141. The Bertz CT molecular complexity index is 1660. The van der Waals surface area contributed by atoms with Gasteiger partial charge in [0.2, 0.25) is 29.4 Å². The van der Waals surface area contributed by atoms with Crippen LogP contribution in [0.2, 0.25) is 0 Å². The maximum Gasteiger partial charge on any atom is 0.290 e. The van der Waals surface area contributed by atoms with Gasteiger partial charge in [-0.15, -0.1) is 0 Å². The summed E-state index contributed by atoms with van der Waals surface area (Å²) in [5.41, 5.74) is 1.37. The van der Waals surface area contributed by atoms with Crippen LogP contribution in [0.4, 0.5) is 0 Å². The number of amides is 5. The van der Waals surface area contributed by atoms with Crippen molar-refractivity contribution in [1.82, 2.24) is 26.6 Å². The van der Waals surface area contributed by atoms with Crippen molar-refractivity contribution in [2.75, 3.05) is 26.7 Å². The molecule has 15 heteroatoms.